The van der Waals surface area contributed by atoms with Gasteiger partial charge in [0.2, 0.25) is 5.79 Å². The van der Waals surface area contributed by atoms with Crippen molar-refractivity contribution in [1.29, 1.82) is 0 Å². The van der Waals surface area contributed by atoms with Crippen molar-refractivity contribution in [3.05, 3.63) is 108 Å². The Morgan fingerprint density at radius 1 is 0.967 bits per heavy atom. The second kappa shape index (κ2) is 13.4. The van der Waals surface area contributed by atoms with Gasteiger partial charge in [-0.3, -0.25) is 0 Å². The fraction of sp³-hybridized carbons (Fsp3) is 0.438. The predicted octanol–water partition coefficient (Wildman–Crippen LogP) is 4.61. The summed E-state index contributed by atoms with van der Waals surface area (Å²) in [5, 5.41) is 78.6. The van der Waals surface area contributed by atoms with Crippen LogP contribution in [0.1, 0.15) is 43.4 Å². The van der Waals surface area contributed by atoms with Gasteiger partial charge in [0.15, 0.2) is 17.5 Å². The van der Waals surface area contributed by atoms with Gasteiger partial charge < -0.3 is 55.2 Å². The van der Waals surface area contributed by atoms with Crippen molar-refractivity contribution in [3.63, 3.8) is 0 Å². The van der Waals surface area contributed by atoms with E-state index in [9.17, 15) is 35.4 Å². The van der Waals surface area contributed by atoms with E-state index in [1.54, 1.807) is 18.2 Å². The van der Waals surface area contributed by atoms with Gasteiger partial charge >= 0.3 is 5.97 Å². The van der Waals surface area contributed by atoms with E-state index < -0.39 is 77.1 Å². The Balaban J connectivity index is 1.05. The molecule has 60 heavy (non-hydrogen) atoms. The van der Waals surface area contributed by atoms with Crippen LogP contribution < -0.4 is 10.1 Å². The van der Waals surface area contributed by atoms with Gasteiger partial charge in [-0.15, -0.1) is 0 Å². The van der Waals surface area contributed by atoms with Crippen LogP contribution in [0.15, 0.2) is 97.1 Å². The van der Waals surface area contributed by atoms with Gasteiger partial charge in [-0.1, -0.05) is 79.6 Å². The molecule has 4 fully saturated rings. The summed E-state index contributed by atoms with van der Waals surface area (Å²) < 4.78 is 19.6. The molecule has 0 amide bonds. The van der Waals surface area contributed by atoms with Crippen molar-refractivity contribution >= 4 is 38.4 Å². The summed E-state index contributed by atoms with van der Waals surface area (Å²) in [7, 11) is 1.84. The lowest BCUT2D eigenvalue weighted by Gasteiger charge is -2.67. The Morgan fingerprint density at radius 3 is 2.52 bits per heavy atom. The number of aromatic nitrogens is 1. The molecule has 0 unspecified atom stereocenters. The number of phenols is 1. The highest BCUT2D eigenvalue weighted by Gasteiger charge is 2.79. The molecule has 0 spiro atoms. The zero-order chi connectivity index (χ0) is 41.3. The molecule has 12 heteroatoms. The fourth-order valence-corrected chi connectivity index (χ4v) is 13.0. The lowest BCUT2D eigenvalue weighted by atomic mass is 9.42. The maximum absolute atomic E-state index is 14.9. The molecule has 11 rings (SSSR count). The third kappa shape index (κ3) is 4.98. The number of carbonyl (C=O) groups excluding carboxylic acids is 1. The third-order valence-corrected chi connectivity index (χ3v) is 15.5. The lowest BCUT2D eigenvalue weighted by Crippen LogP contribution is -2.77. The third-order valence-electron chi connectivity index (χ3n) is 15.5. The topological polar surface area (TPSA) is 194 Å². The van der Waals surface area contributed by atoms with E-state index in [1.165, 1.54) is 6.08 Å². The first kappa shape index (κ1) is 38.3. The molecule has 4 aromatic carbocycles. The zero-order valence-corrected chi connectivity index (χ0v) is 33.2. The Morgan fingerprint density at radius 2 is 1.75 bits per heavy atom. The van der Waals surface area contributed by atoms with Gasteiger partial charge in [0.05, 0.1) is 34.9 Å². The lowest BCUT2D eigenvalue weighted by molar-refractivity contribution is -0.345. The maximum atomic E-state index is 14.9. The molecule has 8 N–H and O–H groups in total. The van der Waals surface area contributed by atoms with Crippen molar-refractivity contribution in [2.45, 2.75) is 85.5 Å². The Kier molecular flexibility index (Phi) is 8.58. The summed E-state index contributed by atoms with van der Waals surface area (Å²) in [5.74, 6) is -5.68. The van der Waals surface area contributed by atoms with Gasteiger partial charge in [0, 0.05) is 29.7 Å². The number of rotatable bonds is 6. The van der Waals surface area contributed by atoms with Crippen LogP contribution in [-0.2, 0) is 26.3 Å². The average molecular weight is 815 g/mol. The average Bonchev–Trinajstić information content (AvgIpc) is 3.73. The SMILES string of the molecule is CNC[C@H]1C[C@H]2[C@H](O[C@H]3[C@H](C(=O)Oc4c(CO)[nH]c5ccc6cc7ccccc7cc6c45)O[C@@]4(O)[C@H](O)C=C[C@@H]2[C@@]34O)[C@H]2[C@@]1(O)C=C[C@H]1CCCC[C@]12c1ccc(O)cc1. The van der Waals surface area contributed by atoms with Crippen LogP contribution >= 0.6 is 0 Å². The molecule has 12 nitrogen and oxygen atoms in total. The molecule has 0 bridgehead atoms. The minimum Gasteiger partial charge on any atom is -0.508 e. The number of phenolic OH excluding ortho intramolecular Hbond substituents is 1. The number of nitrogens with one attached hydrogen (secondary N) is 2. The highest BCUT2D eigenvalue weighted by Crippen LogP contribution is 2.67. The molecule has 3 heterocycles. The van der Waals surface area contributed by atoms with E-state index in [0.717, 1.165) is 52.8 Å². The van der Waals surface area contributed by atoms with Gasteiger partial charge in [0.1, 0.15) is 18.0 Å². The standard InChI is InChI=1S/C48H50N2O10/c1-49-23-30-22-33-34-14-16-37(53)48(57)47(34,56)43(58-39(33)42-45(29-10-12-31(52)13-11-29)18-5-4-8-28(45)17-19-46(30,42)55)41(60-48)44(54)59-40-36(24-51)50-35-15-9-27-20-25-6-2-3-7-26(25)21-32(27)38(35)40/h2-3,6-7,9-17,19-21,28,30,33-34,37,39,41-43,49-53,55-57H,4-5,8,18,22-24H2,1H3/t28-,30-,33-,34+,37-,39+,41-,42-,43+,45-,46-,47-,48+/m1/s1. The quantitative estimate of drug-likeness (QED) is 0.0678. The monoisotopic (exact) mass is 814 g/mol. The number of hydrogen-bond acceptors (Lipinski definition) is 11. The van der Waals surface area contributed by atoms with Crippen molar-refractivity contribution in [1.82, 2.24) is 10.3 Å². The van der Waals surface area contributed by atoms with Crippen molar-refractivity contribution in [2.75, 3.05) is 13.6 Å². The van der Waals surface area contributed by atoms with E-state index in [4.69, 9.17) is 14.2 Å². The summed E-state index contributed by atoms with van der Waals surface area (Å²) in [4.78, 5) is 18.1. The smallest absolute Gasteiger partial charge is 0.343 e. The van der Waals surface area contributed by atoms with Gasteiger partial charge in [0.25, 0.3) is 0 Å². The van der Waals surface area contributed by atoms with Gasteiger partial charge in [-0.05, 0) is 95.6 Å². The largest absolute Gasteiger partial charge is 0.508 e. The Labute approximate surface area is 346 Å². The number of H-pyrrole nitrogens is 1. The minimum atomic E-state index is -2.65. The summed E-state index contributed by atoms with van der Waals surface area (Å²) in [5.41, 5.74) is -2.51. The van der Waals surface area contributed by atoms with E-state index in [-0.39, 0.29) is 29.0 Å². The van der Waals surface area contributed by atoms with Crippen LogP contribution in [0, 0.1) is 29.6 Å². The molecule has 2 aliphatic heterocycles. The number of benzene rings is 4. The molecule has 1 aromatic heterocycles. The van der Waals surface area contributed by atoms with Gasteiger partial charge in [-0.25, -0.2) is 4.79 Å². The Bertz CT molecular complexity index is 2610. The number of fused-ring (bicyclic) bond motifs is 10. The molecule has 5 aromatic rings. The van der Waals surface area contributed by atoms with Crippen molar-refractivity contribution in [3.8, 4) is 11.5 Å². The van der Waals surface area contributed by atoms with E-state index in [1.807, 2.05) is 73.8 Å². The number of allylic oxidation sites excluding steroid dienone is 1. The van der Waals surface area contributed by atoms with E-state index >= 15 is 0 Å². The number of ether oxygens (including phenoxy) is 3. The van der Waals surface area contributed by atoms with E-state index in [2.05, 4.69) is 16.4 Å². The van der Waals surface area contributed by atoms with Crippen LogP contribution in [0.3, 0.4) is 0 Å². The summed E-state index contributed by atoms with van der Waals surface area (Å²) in [6.45, 7) is -0.0297. The van der Waals surface area contributed by atoms with E-state index in [0.29, 0.717) is 23.9 Å². The molecule has 4 aliphatic carbocycles. The van der Waals surface area contributed by atoms with Crippen LogP contribution in [0.4, 0.5) is 0 Å². The minimum absolute atomic E-state index is 0.0198. The van der Waals surface area contributed by atoms with Crippen molar-refractivity contribution < 1.29 is 49.6 Å². The van der Waals surface area contributed by atoms with Crippen LogP contribution in [-0.4, -0.2) is 96.6 Å². The zero-order valence-electron chi connectivity index (χ0n) is 33.2. The summed E-state index contributed by atoms with van der Waals surface area (Å²) >= 11 is 0. The first-order chi connectivity index (χ1) is 29.0. The molecule has 312 valence electrons. The molecule has 0 radical (unpaired) electrons. The maximum Gasteiger partial charge on any atom is 0.343 e. The first-order valence-corrected chi connectivity index (χ1v) is 21.2. The molecular formula is C48H50N2O10. The molecule has 13 atom stereocenters. The molecule has 2 saturated carbocycles. The summed E-state index contributed by atoms with van der Waals surface area (Å²) in [6.07, 6.45) is 5.38. The number of aromatic amines is 1. The second-order valence-corrected chi connectivity index (χ2v) is 18.2. The fourth-order valence-electron chi connectivity index (χ4n) is 13.0. The first-order valence-electron chi connectivity index (χ1n) is 21.2. The van der Waals surface area contributed by atoms with Crippen LogP contribution in [0.5, 0.6) is 11.5 Å². The van der Waals surface area contributed by atoms with Crippen molar-refractivity contribution in [2.24, 2.45) is 29.6 Å². The highest BCUT2D eigenvalue weighted by atomic mass is 16.7. The predicted molar refractivity (Wildman–Crippen MR) is 222 cm³/mol. The number of esters is 1. The highest BCUT2D eigenvalue weighted by molar-refractivity contribution is 6.14. The summed E-state index contributed by atoms with van der Waals surface area (Å²) in [6, 6.07) is 23.0. The number of aliphatic hydroxyl groups excluding tert-OH is 2. The normalized spacial score (nSPS) is 39.0. The van der Waals surface area contributed by atoms with Crippen LogP contribution in [0.25, 0.3) is 32.4 Å². The number of aliphatic hydroxyl groups is 5. The molecule has 2 saturated heterocycles. The molecule has 6 aliphatic rings. The molecular weight excluding hydrogens is 765 g/mol. The number of carbonyl (C=O) groups is 1. The Hall–Kier alpha value is -4.63. The van der Waals surface area contributed by atoms with Gasteiger partial charge in [-0.2, -0.15) is 0 Å². The number of aromatic hydroxyl groups is 1. The number of hydrogen-bond donors (Lipinski definition) is 8. The van der Waals surface area contributed by atoms with Crippen LogP contribution in [0.2, 0.25) is 0 Å². The second-order valence-electron chi connectivity index (χ2n) is 18.2.